The summed E-state index contributed by atoms with van der Waals surface area (Å²) in [4.78, 5) is 45.4. The van der Waals surface area contributed by atoms with Gasteiger partial charge in [0.25, 0.3) is 11.8 Å². The number of anilines is 1. The van der Waals surface area contributed by atoms with Gasteiger partial charge < -0.3 is 10.2 Å². The lowest BCUT2D eigenvalue weighted by Crippen LogP contribution is -2.50. The first-order valence-corrected chi connectivity index (χ1v) is 14.9. The van der Waals surface area contributed by atoms with E-state index >= 15 is 8.78 Å². The SMILES string of the molecule is C=C[Si]1(C)C2=C/C(=N/C)C=CC2=C(c2c(F)cc(C(=O)ON3C(=O)CCC3=O)cc2F)c2ccc(NC)cc21. The Balaban J connectivity index is 1.69. The first-order valence-electron chi connectivity index (χ1n) is 12.3. The van der Waals surface area contributed by atoms with Crippen molar-refractivity contribution in [3.63, 3.8) is 0 Å². The summed E-state index contributed by atoms with van der Waals surface area (Å²) in [5.74, 6) is -4.56. The molecule has 1 atom stereocenters. The Morgan fingerprint density at radius 2 is 1.79 bits per heavy atom. The van der Waals surface area contributed by atoms with E-state index in [2.05, 4.69) is 23.4 Å². The third kappa shape index (κ3) is 4.17. The van der Waals surface area contributed by atoms with Crippen molar-refractivity contribution in [3.8, 4) is 0 Å². The molecule has 1 aliphatic carbocycles. The molecule has 3 aliphatic rings. The van der Waals surface area contributed by atoms with Gasteiger partial charge in [-0.25, -0.2) is 13.6 Å². The quantitative estimate of drug-likeness (QED) is 0.450. The molecule has 0 radical (unpaired) electrons. The molecular weight excluding hydrogens is 520 g/mol. The van der Waals surface area contributed by atoms with Crippen LogP contribution in [0.3, 0.4) is 0 Å². The third-order valence-electron chi connectivity index (χ3n) is 7.34. The molecule has 5 rings (SSSR count). The molecule has 2 amide bonds. The average Bonchev–Trinajstić information content (AvgIpc) is 3.25. The van der Waals surface area contributed by atoms with Crippen molar-refractivity contribution in [2.75, 3.05) is 19.4 Å². The van der Waals surface area contributed by atoms with E-state index in [0.717, 1.165) is 33.9 Å². The standard InChI is InChI=1S/C29H25F2N3O4Si/c1-5-39(4)23-14-17(32-2)6-8-19(23)27(20-9-7-18(33-3)15-24(20)39)28-21(30)12-16(13-22(28)31)29(37)38-34-25(35)10-11-26(34)36/h5-9,12-15,32H,1,10-11H2,2-4H3/b33-18+. The van der Waals surface area contributed by atoms with Crippen LogP contribution in [-0.2, 0) is 14.4 Å². The average molecular weight is 546 g/mol. The lowest BCUT2D eigenvalue weighted by atomic mass is 9.88. The Hall–Kier alpha value is -4.44. The van der Waals surface area contributed by atoms with Gasteiger partial charge in [-0.1, -0.05) is 24.4 Å². The van der Waals surface area contributed by atoms with Crippen molar-refractivity contribution in [2.24, 2.45) is 4.99 Å². The highest BCUT2D eigenvalue weighted by atomic mass is 28.3. The topological polar surface area (TPSA) is 88.1 Å². The van der Waals surface area contributed by atoms with E-state index in [1.807, 2.05) is 36.1 Å². The molecule has 10 heteroatoms. The molecule has 1 fully saturated rings. The maximum atomic E-state index is 15.8. The first-order chi connectivity index (χ1) is 18.6. The van der Waals surface area contributed by atoms with E-state index in [-0.39, 0.29) is 18.4 Å². The fraction of sp³-hybridized carbons (Fsp3) is 0.172. The van der Waals surface area contributed by atoms with Gasteiger partial charge in [-0.2, -0.15) is 0 Å². The number of imide groups is 1. The lowest BCUT2D eigenvalue weighted by Gasteiger charge is -2.38. The number of carbonyl (C=O) groups is 3. The molecule has 7 nitrogen and oxygen atoms in total. The van der Waals surface area contributed by atoms with E-state index in [9.17, 15) is 14.4 Å². The number of rotatable bonds is 5. The highest BCUT2D eigenvalue weighted by Crippen LogP contribution is 2.43. The number of halogens is 2. The smallest absolute Gasteiger partial charge is 0.364 e. The van der Waals surface area contributed by atoms with E-state index in [1.165, 1.54) is 0 Å². The van der Waals surface area contributed by atoms with Gasteiger partial charge in [0.2, 0.25) is 0 Å². The number of aliphatic imine (C=N–C) groups is 1. The minimum atomic E-state index is -2.56. The van der Waals surface area contributed by atoms with Crippen LogP contribution in [0.1, 0.15) is 34.3 Å². The molecule has 1 N–H and O–H groups in total. The largest absolute Gasteiger partial charge is 0.388 e. The highest BCUT2D eigenvalue weighted by Gasteiger charge is 2.42. The van der Waals surface area contributed by atoms with Crippen LogP contribution < -0.4 is 10.5 Å². The summed E-state index contributed by atoms with van der Waals surface area (Å²) in [5, 5.41) is 5.30. The van der Waals surface area contributed by atoms with Gasteiger partial charge in [0.15, 0.2) is 0 Å². The van der Waals surface area contributed by atoms with Crippen molar-refractivity contribution in [1.82, 2.24) is 5.06 Å². The maximum absolute atomic E-state index is 15.8. The molecule has 2 aromatic carbocycles. The zero-order valence-corrected chi connectivity index (χ0v) is 22.6. The van der Waals surface area contributed by atoms with Crippen molar-refractivity contribution in [1.29, 1.82) is 0 Å². The molecule has 2 heterocycles. The molecule has 2 aromatic rings. The molecule has 0 saturated carbocycles. The Labute approximate surface area is 224 Å². The molecule has 1 unspecified atom stereocenters. The Kier molecular flexibility index (Phi) is 6.51. The molecule has 198 valence electrons. The highest BCUT2D eigenvalue weighted by molar-refractivity contribution is 7.02. The van der Waals surface area contributed by atoms with E-state index in [0.29, 0.717) is 21.8 Å². The monoisotopic (exact) mass is 545 g/mol. The second-order valence-electron chi connectivity index (χ2n) is 9.52. The van der Waals surface area contributed by atoms with Crippen LogP contribution in [0.4, 0.5) is 14.5 Å². The van der Waals surface area contributed by atoms with Crippen LogP contribution >= 0.6 is 0 Å². The summed E-state index contributed by atoms with van der Waals surface area (Å²) in [5.41, 5.74) is 4.41. The number of hydroxylamine groups is 2. The van der Waals surface area contributed by atoms with Crippen molar-refractivity contribution in [3.05, 3.63) is 99.9 Å². The number of nitrogens with zero attached hydrogens (tertiary/aromatic N) is 2. The summed E-state index contributed by atoms with van der Waals surface area (Å²) in [6.07, 6.45) is 5.34. The normalized spacial score (nSPS) is 21.1. The summed E-state index contributed by atoms with van der Waals surface area (Å²) in [6.45, 7) is 6.26. The van der Waals surface area contributed by atoms with E-state index in [4.69, 9.17) is 4.84 Å². The summed E-state index contributed by atoms with van der Waals surface area (Å²) in [7, 11) is 0.907. The van der Waals surface area contributed by atoms with Gasteiger partial charge in [-0.05, 0) is 57.9 Å². The number of amides is 2. The molecule has 2 aliphatic heterocycles. The molecule has 1 saturated heterocycles. The first kappa shape index (κ1) is 26.2. The molecule has 0 spiro atoms. The number of nitrogens with one attached hydrogen (secondary N) is 1. The van der Waals surface area contributed by atoms with Crippen molar-refractivity contribution in [2.45, 2.75) is 19.4 Å². The molecule has 0 bridgehead atoms. The molecule has 39 heavy (non-hydrogen) atoms. The Morgan fingerprint density at radius 1 is 1.13 bits per heavy atom. The second kappa shape index (κ2) is 9.70. The zero-order chi connectivity index (χ0) is 28.1. The number of benzene rings is 2. The fourth-order valence-corrected chi connectivity index (χ4v) is 8.34. The Bertz CT molecular complexity index is 1570. The van der Waals surface area contributed by atoms with Gasteiger partial charge in [-0.15, -0.1) is 11.6 Å². The van der Waals surface area contributed by atoms with Gasteiger partial charge in [0.05, 0.1) is 16.8 Å². The van der Waals surface area contributed by atoms with Crippen LogP contribution in [0.15, 0.2) is 76.6 Å². The third-order valence-corrected chi connectivity index (χ3v) is 11.2. The summed E-state index contributed by atoms with van der Waals surface area (Å²) in [6, 6.07) is 7.36. The summed E-state index contributed by atoms with van der Waals surface area (Å²) >= 11 is 0. The van der Waals surface area contributed by atoms with E-state index in [1.54, 1.807) is 20.2 Å². The number of allylic oxidation sites excluding steroid dienone is 5. The number of hydrogen-bond acceptors (Lipinski definition) is 6. The molecular formula is C29H25F2N3O4Si. The minimum absolute atomic E-state index is 0.0971. The van der Waals surface area contributed by atoms with Crippen LogP contribution in [-0.4, -0.2) is 50.7 Å². The van der Waals surface area contributed by atoms with Gasteiger partial charge in [0.1, 0.15) is 19.7 Å². The van der Waals surface area contributed by atoms with Crippen molar-refractivity contribution < 1.29 is 28.0 Å². The van der Waals surface area contributed by atoms with Gasteiger partial charge in [-0.3, -0.25) is 14.6 Å². The molecule has 0 aromatic heterocycles. The second-order valence-corrected chi connectivity index (χ2v) is 13.4. The van der Waals surface area contributed by atoms with Gasteiger partial charge in [0, 0.05) is 38.2 Å². The predicted molar refractivity (Wildman–Crippen MR) is 147 cm³/mol. The Morgan fingerprint density at radius 3 is 2.38 bits per heavy atom. The number of carbonyl (C=O) groups excluding carboxylic acids is 3. The minimum Gasteiger partial charge on any atom is -0.388 e. The predicted octanol–water partition coefficient (Wildman–Crippen LogP) is 4.16. The maximum Gasteiger partial charge on any atom is 0.364 e. The van der Waals surface area contributed by atoms with Crippen LogP contribution in [0.5, 0.6) is 0 Å². The summed E-state index contributed by atoms with van der Waals surface area (Å²) < 4.78 is 31.6. The van der Waals surface area contributed by atoms with Crippen molar-refractivity contribution >= 4 is 48.0 Å². The number of fused-ring (bicyclic) bond motifs is 2. The lowest BCUT2D eigenvalue weighted by molar-refractivity contribution is -0.172. The van der Waals surface area contributed by atoms with Gasteiger partial charge >= 0.3 is 5.97 Å². The number of hydrogen-bond donors (Lipinski definition) is 1. The van der Waals surface area contributed by atoms with Crippen LogP contribution in [0, 0.1) is 11.6 Å². The zero-order valence-electron chi connectivity index (χ0n) is 21.6. The van der Waals surface area contributed by atoms with Crippen LogP contribution in [0.2, 0.25) is 6.55 Å². The van der Waals surface area contributed by atoms with E-state index < -0.39 is 43.1 Å². The fourth-order valence-electron chi connectivity index (χ4n) is 5.17. The van der Waals surface area contributed by atoms with Crippen LogP contribution in [0.25, 0.3) is 5.57 Å².